The second-order valence-electron chi connectivity index (χ2n) is 5.01. The SMILES string of the molecule is CC(C)CNc1nccc(N2CC[C@H](N)C2)n1. The van der Waals surface area contributed by atoms with Gasteiger partial charge in [-0.3, -0.25) is 0 Å². The number of anilines is 2. The van der Waals surface area contributed by atoms with Crippen molar-refractivity contribution in [2.24, 2.45) is 11.7 Å². The van der Waals surface area contributed by atoms with Crippen molar-refractivity contribution in [3.8, 4) is 0 Å². The summed E-state index contributed by atoms with van der Waals surface area (Å²) >= 11 is 0. The fourth-order valence-corrected chi connectivity index (χ4v) is 1.90. The number of hydrogen-bond donors (Lipinski definition) is 2. The van der Waals surface area contributed by atoms with Crippen molar-refractivity contribution in [3.63, 3.8) is 0 Å². The summed E-state index contributed by atoms with van der Waals surface area (Å²) in [5, 5.41) is 3.24. The molecule has 0 unspecified atom stereocenters. The van der Waals surface area contributed by atoms with Crippen LogP contribution in [0.3, 0.4) is 0 Å². The van der Waals surface area contributed by atoms with Gasteiger partial charge in [-0.1, -0.05) is 13.8 Å². The zero-order chi connectivity index (χ0) is 12.3. The Kier molecular flexibility index (Phi) is 3.78. The second kappa shape index (κ2) is 5.31. The van der Waals surface area contributed by atoms with Gasteiger partial charge in [-0.25, -0.2) is 4.98 Å². The van der Waals surface area contributed by atoms with Gasteiger partial charge >= 0.3 is 0 Å². The summed E-state index contributed by atoms with van der Waals surface area (Å²) in [6.07, 6.45) is 2.84. The van der Waals surface area contributed by atoms with Gasteiger partial charge in [0.05, 0.1) is 0 Å². The summed E-state index contributed by atoms with van der Waals surface area (Å²) in [7, 11) is 0. The standard InChI is InChI=1S/C12H21N5/c1-9(2)7-15-12-14-5-3-11(16-12)17-6-4-10(13)8-17/h3,5,9-10H,4,6-8,13H2,1-2H3,(H,14,15,16)/t10-/m0/s1. The molecule has 5 heteroatoms. The zero-order valence-corrected chi connectivity index (χ0v) is 10.6. The smallest absolute Gasteiger partial charge is 0.224 e. The Morgan fingerprint density at radius 3 is 3.06 bits per heavy atom. The molecule has 1 fully saturated rings. The third-order valence-electron chi connectivity index (χ3n) is 2.86. The van der Waals surface area contributed by atoms with Gasteiger partial charge in [0.2, 0.25) is 5.95 Å². The van der Waals surface area contributed by atoms with Crippen molar-refractivity contribution in [3.05, 3.63) is 12.3 Å². The van der Waals surface area contributed by atoms with E-state index in [1.165, 1.54) is 0 Å². The number of hydrogen-bond acceptors (Lipinski definition) is 5. The molecule has 0 bridgehead atoms. The molecule has 94 valence electrons. The number of aromatic nitrogens is 2. The van der Waals surface area contributed by atoms with E-state index in [0.29, 0.717) is 11.9 Å². The van der Waals surface area contributed by atoms with E-state index in [2.05, 4.69) is 34.0 Å². The van der Waals surface area contributed by atoms with Crippen LogP contribution in [0.1, 0.15) is 20.3 Å². The highest BCUT2D eigenvalue weighted by Crippen LogP contribution is 2.17. The molecule has 0 amide bonds. The highest BCUT2D eigenvalue weighted by Gasteiger charge is 2.20. The van der Waals surface area contributed by atoms with E-state index < -0.39 is 0 Å². The van der Waals surface area contributed by atoms with Crippen LogP contribution in [0.15, 0.2) is 12.3 Å². The molecule has 1 aromatic rings. The molecule has 1 aliphatic rings. The average molecular weight is 235 g/mol. The predicted octanol–water partition coefficient (Wildman–Crippen LogP) is 1.08. The van der Waals surface area contributed by atoms with Crippen LogP contribution in [-0.2, 0) is 0 Å². The minimum absolute atomic E-state index is 0.275. The number of nitrogens with one attached hydrogen (secondary N) is 1. The summed E-state index contributed by atoms with van der Waals surface area (Å²) in [6.45, 7) is 7.10. The fourth-order valence-electron chi connectivity index (χ4n) is 1.90. The predicted molar refractivity (Wildman–Crippen MR) is 70.2 cm³/mol. The van der Waals surface area contributed by atoms with E-state index >= 15 is 0 Å². The highest BCUT2D eigenvalue weighted by atomic mass is 15.2. The van der Waals surface area contributed by atoms with Crippen molar-refractivity contribution in [2.75, 3.05) is 29.9 Å². The first-order chi connectivity index (χ1) is 8.15. The molecular weight excluding hydrogens is 214 g/mol. The molecular formula is C12H21N5. The molecule has 1 aromatic heterocycles. The summed E-state index contributed by atoms with van der Waals surface area (Å²) in [6, 6.07) is 2.22. The topological polar surface area (TPSA) is 67.1 Å². The van der Waals surface area contributed by atoms with Gasteiger partial charge in [0.25, 0.3) is 0 Å². The maximum atomic E-state index is 5.90. The average Bonchev–Trinajstić information content (AvgIpc) is 2.74. The Morgan fingerprint density at radius 2 is 2.41 bits per heavy atom. The molecule has 0 radical (unpaired) electrons. The van der Waals surface area contributed by atoms with Gasteiger partial charge in [0.1, 0.15) is 5.82 Å². The van der Waals surface area contributed by atoms with Crippen LogP contribution in [0.5, 0.6) is 0 Å². The maximum absolute atomic E-state index is 5.90. The molecule has 3 N–H and O–H groups in total. The molecule has 0 aliphatic carbocycles. The molecule has 1 atom stereocenters. The Balaban J connectivity index is 2.01. The summed E-state index contributed by atoms with van der Waals surface area (Å²) in [5.74, 6) is 2.26. The third kappa shape index (κ3) is 3.30. The van der Waals surface area contributed by atoms with E-state index in [9.17, 15) is 0 Å². The normalized spacial score (nSPS) is 20.0. The highest BCUT2D eigenvalue weighted by molar-refractivity contribution is 5.43. The quantitative estimate of drug-likeness (QED) is 0.817. The first kappa shape index (κ1) is 12.1. The molecule has 0 spiro atoms. The second-order valence-corrected chi connectivity index (χ2v) is 5.01. The molecule has 2 heterocycles. The maximum Gasteiger partial charge on any atom is 0.224 e. The number of rotatable bonds is 4. The van der Waals surface area contributed by atoms with E-state index in [1.54, 1.807) is 6.20 Å². The number of nitrogens with zero attached hydrogens (tertiary/aromatic N) is 3. The van der Waals surface area contributed by atoms with Crippen LogP contribution in [0.4, 0.5) is 11.8 Å². The third-order valence-corrected chi connectivity index (χ3v) is 2.86. The van der Waals surface area contributed by atoms with Gasteiger partial charge in [-0.2, -0.15) is 4.98 Å². The van der Waals surface area contributed by atoms with Crippen molar-refractivity contribution in [2.45, 2.75) is 26.3 Å². The van der Waals surface area contributed by atoms with E-state index in [4.69, 9.17) is 5.73 Å². The Morgan fingerprint density at radius 1 is 1.59 bits per heavy atom. The Hall–Kier alpha value is -1.36. The van der Waals surface area contributed by atoms with Crippen molar-refractivity contribution >= 4 is 11.8 Å². The van der Waals surface area contributed by atoms with Gasteiger partial charge in [0, 0.05) is 31.9 Å². The van der Waals surface area contributed by atoms with E-state index in [-0.39, 0.29) is 6.04 Å². The van der Waals surface area contributed by atoms with Gasteiger partial charge in [-0.15, -0.1) is 0 Å². The van der Waals surface area contributed by atoms with Crippen LogP contribution >= 0.6 is 0 Å². The summed E-state index contributed by atoms with van der Waals surface area (Å²) < 4.78 is 0. The van der Waals surface area contributed by atoms with Gasteiger partial charge in [-0.05, 0) is 18.4 Å². The van der Waals surface area contributed by atoms with Crippen molar-refractivity contribution in [1.82, 2.24) is 9.97 Å². The molecule has 0 aromatic carbocycles. The fraction of sp³-hybridized carbons (Fsp3) is 0.667. The van der Waals surface area contributed by atoms with Crippen LogP contribution in [-0.4, -0.2) is 35.6 Å². The van der Waals surface area contributed by atoms with Crippen molar-refractivity contribution in [1.29, 1.82) is 0 Å². The van der Waals surface area contributed by atoms with Crippen LogP contribution in [0.25, 0.3) is 0 Å². The molecule has 2 rings (SSSR count). The lowest BCUT2D eigenvalue weighted by Crippen LogP contribution is -2.27. The van der Waals surface area contributed by atoms with E-state index in [0.717, 1.165) is 31.9 Å². The van der Waals surface area contributed by atoms with Crippen LogP contribution < -0.4 is 16.0 Å². The lowest BCUT2D eigenvalue weighted by atomic mass is 10.2. The number of nitrogens with two attached hydrogens (primary N) is 1. The van der Waals surface area contributed by atoms with E-state index in [1.807, 2.05) is 6.07 Å². The molecule has 1 saturated heterocycles. The molecule has 5 nitrogen and oxygen atoms in total. The lowest BCUT2D eigenvalue weighted by Gasteiger charge is -2.17. The van der Waals surface area contributed by atoms with Crippen molar-refractivity contribution < 1.29 is 0 Å². The minimum Gasteiger partial charge on any atom is -0.355 e. The molecule has 17 heavy (non-hydrogen) atoms. The largest absolute Gasteiger partial charge is 0.355 e. The lowest BCUT2D eigenvalue weighted by molar-refractivity contribution is 0.684. The Labute approximate surface area is 102 Å². The van der Waals surface area contributed by atoms with Gasteiger partial charge < -0.3 is 16.0 Å². The summed E-state index contributed by atoms with van der Waals surface area (Å²) in [5.41, 5.74) is 5.90. The summed E-state index contributed by atoms with van der Waals surface area (Å²) in [4.78, 5) is 10.9. The first-order valence-electron chi connectivity index (χ1n) is 6.22. The minimum atomic E-state index is 0.275. The van der Waals surface area contributed by atoms with Crippen LogP contribution in [0, 0.1) is 5.92 Å². The molecule has 1 aliphatic heterocycles. The molecule has 0 saturated carbocycles. The van der Waals surface area contributed by atoms with Crippen LogP contribution in [0.2, 0.25) is 0 Å². The zero-order valence-electron chi connectivity index (χ0n) is 10.6. The first-order valence-corrected chi connectivity index (χ1v) is 6.22. The monoisotopic (exact) mass is 235 g/mol. The Bertz CT molecular complexity index is 366. The van der Waals surface area contributed by atoms with Gasteiger partial charge in [0.15, 0.2) is 0 Å².